The molecule has 0 radical (unpaired) electrons. The van der Waals surface area contributed by atoms with Crippen molar-refractivity contribution in [2.75, 3.05) is 4.72 Å². The molecule has 0 aliphatic rings. The molecule has 0 aliphatic heterocycles. The van der Waals surface area contributed by atoms with Gasteiger partial charge in [-0.2, -0.15) is 0 Å². The molecule has 0 saturated heterocycles. The van der Waals surface area contributed by atoms with Gasteiger partial charge in [-0.15, -0.1) is 0 Å². The maximum absolute atomic E-state index is 14.6. The van der Waals surface area contributed by atoms with Crippen molar-refractivity contribution in [1.82, 2.24) is 9.72 Å². The van der Waals surface area contributed by atoms with Crippen LogP contribution < -0.4 is 4.72 Å². The second-order valence-electron chi connectivity index (χ2n) is 8.40. The molecule has 1 N–H and O–H groups in total. The molecule has 0 bridgehead atoms. The minimum absolute atomic E-state index is 0.0143. The molecule has 0 fully saturated rings. The SMILES string of the molecule is Cc1cn(Cc2ccc(Cl)cc2Cl)c2c(-c3cc(NS(=O)(=O)c4cc(F)c(F)cc4F)no3)cc(F)cc12. The second kappa shape index (κ2) is 9.64. The number of sulfonamides is 1. The normalized spacial score (nSPS) is 11.9. The number of anilines is 1. The topological polar surface area (TPSA) is 77.1 Å². The number of fused-ring (bicyclic) bond motifs is 1. The molecular formula is C25H15Cl2F4N3O3S. The Kier molecular flexibility index (Phi) is 6.62. The van der Waals surface area contributed by atoms with Crippen LogP contribution in [0.2, 0.25) is 10.0 Å². The van der Waals surface area contributed by atoms with Gasteiger partial charge in [-0.05, 0) is 42.3 Å². The van der Waals surface area contributed by atoms with Gasteiger partial charge in [-0.1, -0.05) is 34.4 Å². The van der Waals surface area contributed by atoms with E-state index in [0.717, 1.165) is 17.2 Å². The number of hydrogen-bond acceptors (Lipinski definition) is 4. The molecule has 5 aromatic rings. The fraction of sp³-hybridized carbons (Fsp3) is 0.0800. The summed E-state index contributed by atoms with van der Waals surface area (Å²) in [4.78, 5) is -1.13. The summed E-state index contributed by atoms with van der Waals surface area (Å²) in [6.45, 7) is 2.09. The van der Waals surface area contributed by atoms with Crippen molar-refractivity contribution in [2.45, 2.75) is 18.4 Å². The van der Waals surface area contributed by atoms with E-state index >= 15 is 0 Å². The summed E-state index contributed by atoms with van der Waals surface area (Å²) >= 11 is 12.3. The van der Waals surface area contributed by atoms with Gasteiger partial charge in [0.05, 0.1) is 5.52 Å². The Morgan fingerprint density at radius 3 is 2.45 bits per heavy atom. The van der Waals surface area contributed by atoms with E-state index in [1.165, 1.54) is 12.1 Å². The largest absolute Gasteiger partial charge is 0.354 e. The van der Waals surface area contributed by atoms with E-state index < -0.39 is 44.0 Å². The Morgan fingerprint density at radius 2 is 1.71 bits per heavy atom. The van der Waals surface area contributed by atoms with Gasteiger partial charge >= 0.3 is 0 Å². The number of aryl methyl sites for hydroxylation is 1. The van der Waals surface area contributed by atoms with Crippen LogP contribution in [0.3, 0.4) is 0 Å². The summed E-state index contributed by atoms with van der Waals surface area (Å²) in [5, 5.41) is 5.09. The van der Waals surface area contributed by atoms with E-state index in [2.05, 4.69) is 5.16 Å². The lowest BCUT2D eigenvalue weighted by Crippen LogP contribution is -2.15. The number of benzene rings is 3. The molecule has 13 heteroatoms. The van der Waals surface area contributed by atoms with Crippen LogP contribution in [0.4, 0.5) is 23.4 Å². The Hall–Kier alpha value is -3.54. The smallest absolute Gasteiger partial charge is 0.266 e. The van der Waals surface area contributed by atoms with Gasteiger partial charge in [0.1, 0.15) is 16.5 Å². The van der Waals surface area contributed by atoms with Crippen molar-refractivity contribution in [3.63, 3.8) is 0 Å². The van der Waals surface area contributed by atoms with Crippen molar-refractivity contribution in [2.24, 2.45) is 0 Å². The number of nitrogens with zero attached hydrogens (tertiary/aromatic N) is 2. The first-order valence-electron chi connectivity index (χ1n) is 10.8. The van der Waals surface area contributed by atoms with Gasteiger partial charge < -0.3 is 9.09 Å². The zero-order valence-corrected chi connectivity index (χ0v) is 21.5. The zero-order chi connectivity index (χ0) is 27.4. The Labute approximate surface area is 223 Å². The first kappa shape index (κ1) is 26.1. The molecule has 38 heavy (non-hydrogen) atoms. The summed E-state index contributed by atoms with van der Waals surface area (Å²) in [7, 11) is -4.71. The molecule has 196 valence electrons. The summed E-state index contributed by atoms with van der Waals surface area (Å²) in [6.07, 6.45) is 1.80. The van der Waals surface area contributed by atoms with Crippen LogP contribution in [0.1, 0.15) is 11.1 Å². The molecule has 0 saturated carbocycles. The summed E-state index contributed by atoms with van der Waals surface area (Å²) in [6, 6.07) is 9.07. The van der Waals surface area contributed by atoms with E-state index in [1.54, 1.807) is 31.3 Å². The maximum atomic E-state index is 14.6. The average Bonchev–Trinajstić information content (AvgIpc) is 3.41. The number of rotatable bonds is 6. The molecule has 0 amide bonds. The first-order chi connectivity index (χ1) is 17.9. The van der Waals surface area contributed by atoms with Crippen molar-refractivity contribution < 1.29 is 30.5 Å². The highest BCUT2D eigenvalue weighted by Gasteiger charge is 2.25. The highest BCUT2D eigenvalue weighted by atomic mass is 35.5. The Balaban J connectivity index is 1.55. The monoisotopic (exact) mass is 583 g/mol. The number of halogens is 6. The van der Waals surface area contributed by atoms with Gasteiger partial charge in [-0.25, -0.2) is 26.0 Å². The standard InChI is InChI=1S/C25H15Cl2F4N3O3S/c1-12-10-34(11-13-2-3-14(26)4-18(13)27)25-16(12)5-15(28)6-17(25)22-9-24(32-37-22)33-38(35,36)23-8-20(30)19(29)7-21(23)31/h2-10H,11H2,1H3,(H,32,33). The van der Waals surface area contributed by atoms with Gasteiger partial charge in [0.15, 0.2) is 23.2 Å². The Bertz CT molecular complexity index is 1840. The highest BCUT2D eigenvalue weighted by molar-refractivity contribution is 7.92. The molecule has 6 nitrogen and oxygen atoms in total. The van der Waals surface area contributed by atoms with E-state index in [4.69, 9.17) is 27.7 Å². The van der Waals surface area contributed by atoms with Crippen molar-refractivity contribution in [1.29, 1.82) is 0 Å². The molecule has 2 heterocycles. The summed E-state index contributed by atoms with van der Waals surface area (Å²) in [5.74, 6) is -5.58. The van der Waals surface area contributed by atoms with Crippen LogP contribution in [0, 0.1) is 30.2 Å². The summed E-state index contributed by atoms with van der Waals surface area (Å²) < 4.78 is 89.7. The fourth-order valence-electron chi connectivity index (χ4n) is 4.08. The average molecular weight is 584 g/mol. The van der Waals surface area contributed by atoms with Gasteiger partial charge in [-0.3, -0.25) is 4.72 Å². The number of hydrogen-bond donors (Lipinski definition) is 1. The van der Waals surface area contributed by atoms with E-state index in [1.807, 2.05) is 9.29 Å². The molecule has 0 unspecified atom stereocenters. The third-order valence-electron chi connectivity index (χ3n) is 5.77. The molecule has 2 aromatic heterocycles. The fourth-order valence-corrected chi connectivity index (χ4v) is 5.60. The lowest BCUT2D eigenvalue weighted by Gasteiger charge is -2.10. The molecule has 0 spiro atoms. The predicted molar refractivity (Wildman–Crippen MR) is 135 cm³/mol. The number of aromatic nitrogens is 2. The first-order valence-corrected chi connectivity index (χ1v) is 13.0. The third-order valence-corrected chi connectivity index (χ3v) is 7.73. The lowest BCUT2D eigenvalue weighted by molar-refractivity contribution is 0.435. The van der Waals surface area contributed by atoms with Crippen molar-refractivity contribution in [3.8, 4) is 11.3 Å². The second-order valence-corrected chi connectivity index (χ2v) is 10.9. The molecule has 0 atom stereocenters. The van der Waals surface area contributed by atoms with Crippen LogP contribution in [-0.2, 0) is 16.6 Å². The van der Waals surface area contributed by atoms with Crippen molar-refractivity contribution >= 4 is 49.9 Å². The molecule has 0 aliphatic carbocycles. The highest BCUT2D eigenvalue weighted by Crippen LogP contribution is 2.35. The quantitative estimate of drug-likeness (QED) is 0.168. The van der Waals surface area contributed by atoms with E-state index in [9.17, 15) is 26.0 Å². The minimum Gasteiger partial charge on any atom is -0.354 e. The van der Waals surface area contributed by atoms with Crippen LogP contribution in [0.25, 0.3) is 22.2 Å². The Morgan fingerprint density at radius 1 is 0.974 bits per heavy atom. The predicted octanol–water partition coefficient (Wildman–Crippen LogP) is 7.32. The zero-order valence-electron chi connectivity index (χ0n) is 19.2. The minimum atomic E-state index is -4.71. The molecule has 3 aromatic carbocycles. The third kappa shape index (κ3) is 4.84. The van der Waals surface area contributed by atoms with Crippen LogP contribution >= 0.6 is 23.2 Å². The molecule has 5 rings (SSSR count). The van der Waals surface area contributed by atoms with Crippen LogP contribution in [0.15, 0.2) is 64.1 Å². The maximum Gasteiger partial charge on any atom is 0.266 e. The van der Waals surface area contributed by atoms with Crippen LogP contribution in [-0.4, -0.2) is 18.1 Å². The van der Waals surface area contributed by atoms with E-state index in [0.29, 0.717) is 27.5 Å². The van der Waals surface area contributed by atoms with Crippen molar-refractivity contribution in [3.05, 3.63) is 99.2 Å². The van der Waals surface area contributed by atoms with Gasteiger partial charge in [0, 0.05) is 51.9 Å². The number of nitrogens with one attached hydrogen (secondary N) is 1. The summed E-state index contributed by atoms with van der Waals surface area (Å²) in [5.41, 5.74) is 2.28. The van der Waals surface area contributed by atoms with E-state index in [-0.39, 0.29) is 23.5 Å². The van der Waals surface area contributed by atoms with Crippen LogP contribution in [0.5, 0.6) is 0 Å². The lowest BCUT2D eigenvalue weighted by atomic mass is 10.1. The van der Waals surface area contributed by atoms with Gasteiger partial charge in [0.2, 0.25) is 0 Å². The molecular weight excluding hydrogens is 569 g/mol. The van der Waals surface area contributed by atoms with Gasteiger partial charge in [0.25, 0.3) is 10.0 Å².